The standard InChI is InChI=1S/C22H22ClFN6O2/c1-11(2)21-27-17(12(3)24)20(32-21)22(31)29-8-6-14-18(26-10-25-14)19(29)15-9-16-13(23)5-4-7-30(16)28-15/h4-5,7,9-12,19H,6,8H2,1-3H3,(H,25,26)/t12?,19-/m1/s1. The summed E-state index contributed by atoms with van der Waals surface area (Å²) >= 11 is 6.34. The average molecular weight is 457 g/mol. The summed E-state index contributed by atoms with van der Waals surface area (Å²) in [6, 6.07) is 4.84. The smallest absolute Gasteiger partial charge is 0.292 e. The molecule has 0 saturated carbocycles. The SMILES string of the molecule is CC(C)c1nc(C(C)F)c(C(=O)N2CCc3[nH]cnc3[C@H]2c2cc3c(Cl)cccn3n2)o1. The van der Waals surface area contributed by atoms with Crippen LogP contribution in [-0.4, -0.2) is 41.9 Å². The highest BCUT2D eigenvalue weighted by Gasteiger charge is 2.39. The summed E-state index contributed by atoms with van der Waals surface area (Å²) < 4.78 is 21.8. The lowest BCUT2D eigenvalue weighted by atomic mass is 9.99. The molecule has 32 heavy (non-hydrogen) atoms. The van der Waals surface area contributed by atoms with Crippen molar-refractivity contribution in [3.8, 4) is 0 Å². The van der Waals surface area contributed by atoms with Crippen LogP contribution in [0.1, 0.15) is 78.1 Å². The highest BCUT2D eigenvalue weighted by Crippen LogP contribution is 2.36. The number of aromatic amines is 1. The van der Waals surface area contributed by atoms with Gasteiger partial charge in [0.1, 0.15) is 17.9 Å². The predicted octanol–water partition coefficient (Wildman–Crippen LogP) is 4.64. The molecule has 5 heterocycles. The number of hydrogen-bond donors (Lipinski definition) is 1. The fourth-order valence-corrected chi connectivity index (χ4v) is 4.29. The minimum atomic E-state index is -1.44. The van der Waals surface area contributed by atoms with E-state index in [1.807, 2.05) is 19.9 Å². The molecule has 2 atom stereocenters. The number of carbonyl (C=O) groups excluding carboxylic acids is 1. The van der Waals surface area contributed by atoms with Crippen LogP contribution in [0.5, 0.6) is 0 Å². The first kappa shape index (κ1) is 20.7. The van der Waals surface area contributed by atoms with Gasteiger partial charge in [-0.25, -0.2) is 18.9 Å². The van der Waals surface area contributed by atoms with Gasteiger partial charge in [-0.15, -0.1) is 0 Å². The molecule has 1 aliphatic rings. The number of nitrogens with zero attached hydrogens (tertiary/aromatic N) is 5. The monoisotopic (exact) mass is 456 g/mol. The Hall–Kier alpha value is -3.20. The van der Waals surface area contributed by atoms with Crippen molar-refractivity contribution in [1.82, 2.24) is 29.5 Å². The number of fused-ring (bicyclic) bond motifs is 2. The van der Waals surface area contributed by atoms with Crippen molar-refractivity contribution < 1.29 is 13.6 Å². The lowest BCUT2D eigenvalue weighted by Crippen LogP contribution is -2.41. The second kappa shape index (κ2) is 7.74. The zero-order valence-corrected chi connectivity index (χ0v) is 18.6. The third-order valence-corrected chi connectivity index (χ3v) is 5.99. The summed E-state index contributed by atoms with van der Waals surface area (Å²) in [5.41, 5.74) is 2.98. The zero-order chi connectivity index (χ0) is 22.6. The quantitative estimate of drug-likeness (QED) is 0.483. The number of imidazole rings is 1. The Kier molecular flexibility index (Phi) is 5.00. The van der Waals surface area contributed by atoms with Crippen molar-refractivity contribution in [3.05, 3.63) is 70.2 Å². The van der Waals surface area contributed by atoms with Gasteiger partial charge in [-0.1, -0.05) is 25.4 Å². The van der Waals surface area contributed by atoms with E-state index in [-0.39, 0.29) is 17.4 Å². The first-order valence-electron chi connectivity index (χ1n) is 10.5. The molecule has 0 fully saturated rings. The number of oxazole rings is 1. The molecule has 8 nitrogen and oxygen atoms in total. The van der Waals surface area contributed by atoms with E-state index in [0.717, 1.165) is 11.2 Å². The lowest BCUT2D eigenvalue weighted by molar-refractivity contribution is 0.0648. The number of pyridine rings is 1. The van der Waals surface area contributed by atoms with Crippen molar-refractivity contribution in [2.75, 3.05) is 6.54 Å². The Morgan fingerprint density at radius 1 is 1.38 bits per heavy atom. The predicted molar refractivity (Wildman–Crippen MR) is 115 cm³/mol. The number of aromatic nitrogens is 5. The Balaban J connectivity index is 1.63. The third kappa shape index (κ3) is 3.28. The van der Waals surface area contributed by atoms with Gasteiger partial charge >= 0.3 is 0 Å². The first-order chi connectivity index (χ1) is 15.3. The maximum absolute atomic E-state index is 14.4. The molecule has 0 spiro atoms. The Bertz CT molecular complexity index is 1310. The van der Waals surface area contributed by atoms with Gasteiger partial charge in [-0.2, -0.15) is 5.10 Å². The molecular weight excluding hydrogens is 435 g/mol. The van der Waals surface area contributed by atoms with Gasteiger partial charge in [0.25, 0.3) is 5.91 Å². The van der Waals surface area contributed by atoms with Gasteiger partial charge < -0.3 is 14.3 Å². The molecule has 1 amide bonds. The number of alkyl halides is 1. The van der Waals surface area contributed by atoms with Gasteiger partial charge in [0.15, 0.2) is 5.89 Å². The summed E-state index contributed by atoms with van der Waals surface area (Å²) in [6.45, 7) is 5.50. The van der Waals surface area contributed by atoms with Gasteiger partial charge in [0, 0.05) is 30.8 Å². The van der Waals surface area contributed by atoms with Gasteiger partial charge in [-0.3, -0.25) is 4.79 Å². The molecule has 0 radical (unpaired) electrons. The van der Waals surface area contributed by atoms with Crippen LogP contribution in [0.15, 0.2) is 35.1 Å². The van der Waals surface area contributed by atoms with E-state index in [4.69, 9.17) is 16.0 Å². The summed E-state index contributed by atoms with van der Waals surface area (Å²) in [4.78, 5) is 27.2. The number of amides is 1. The second-order valence-electron chi connectivity index (χ2n) is 8.21. The molecule has 0 saturated heterocycles. The number of H-pyrrole nitrogens is 1. The minimum Gasteiger partial charge on any atom is -0.435 e. The maximum Gasteiger partial charge on any atom is 0.292 e. The number of halogens is 2. The van der Waals surface area contributed by atoms with Crippen molar-refractivity contribution in [1.29, 1.82) is 0 Å². The summed E-state index contributed by atoms with van der Waals surface area (Å²) in [6.07, 6.45) is 2.54. The van der Waals surface area contributed by atoms with Gasteiger partial charge in [-0.05, 0) is 25.1 Å². The summed E-state index contributed by atoms with van der Waals surface area (Å²) in [5, 5.41) is 5.21. The Morgan fingerprint density at radius 2 is 2.19 bits per heavy atom. The van der Waals surface area contributed by atoms with E-state index in [1.165, 1.54) is 6.92 Å². The Labute approximate surface area is 188 Å². The van der Waals surface area contributed by atoms with Crippen LogP contribution in [0.2, 0.25) is 5.02 Å². The van der Waals surface area contributed by atoms with E-state index in [2.05, 4.69) is 20.1 Å². The molecule has 1 aliphatic heterocycles. The first-order valence-corrected chi connectivity index (χ1v) is 10.8. The van der Waals surface area contributed by atoms with E-state index >= 15 is 0 Å². The molecule has 4 aromatic heterocycles. The number of carbonyl (C=O) groups is 1. The van der Waals surface area contributed by atoms with Crippen molar-refractivity contribution in [2.45, 2.75) is 45.3 Å². The largest absolute Gasteiger partial charge is 0.435 e. The molecule has 1 N–H and O–H groups in total. The number of nitrogens with one attached hydrogen (secondary N) is 1. The van der Waals surface area contributed by atoms with Gasteiger partial charge in [0.2, 0.25) is 5.76 Å². The van der Waals surface area contributed by atoms with Crippen LogP contribution in [0.4, 0.5) is 4.39 Å². The van der Waals surface area contributed by atoms with E-state index in [0.29, 0.717) is 35.3 Å². The van der Waals surface area contributed by atoms with Crippen LogP contribution in [0.3, 0.4) is 0 Å². The summed E-state index contributed by atoms with van der Waals surface area (Å²) in [5.74, 6) is -0.258. The zero-order valence-electron chi connectivity index (χ0n) is 17.8. The van der Waals surface area contributed by atoms with E-state index in [9.17, 15) is 9.18 Å². The van der Waals surface area contributed by atoms with E-state index in [1.54, 1.807) is 34.1 Å². The molecule has 1 unspecified atom stereocenters. The molecule has 10 heteroatoms. The van der Waals surface area contributed by atoms with Crippen molar-refractivity contribution in [3.63, 3.8) is 0 Å². The van der Waals surface area contributed by atoms with Crippen LogP contribution < -0.4 is 0 Å². The van der Waals surface area contributed by atoms with Crippen molar-refractivity contribution >= 4 is 23.0 Å². The molecule has 0 bridgehead atoms. The van der Waals surface area contributed by atoms with E-state index < -0.39 is 18.1 Å². The highest BCUT2D eigenvalue weighted by atomic mass is 35.5. The summed E-state index contributed by atoms with van der Waals surface area (Å²) in [7, 11) is 0. The van der Waals surface area contributed by atoms with Crippen LogP contribution in [0, 0.1) is 0 Å². The molecule has 166 valence electrons. The van der Waals surface area contributed by atoms with Crippen LogP contribution in [-0.2, 0) is 6.42 Å². The average Bonchev–Trinajstić information content (AvgIpc) is 3.49. The number of hydrogen-bond acceptors (Lipinski definition) is 5. The molecule has 0 aromatic carbocycles. The third-order valence-electron chi connectivity index (χ3n) is 5.67. The minimum absolute atomic E-state index is 0.0170. The van der Waals surface area contributed by atoms with Crippen LogP contribution >= 0.6 is 11.6 Å². The molecule has 4 aromatic rings. The molecule has 0 aliphatic carbocycles. The maximum atomic E-state index is 14.4. The van der Waals surface area contributed by atoms with Gasteiger partial charge in [0.05, 0.1) is 28.3 Å². The lowest BCUT2D eigenvalue weighted by Gasteiger charge is -2.33. The second-order valence-corrected chi connectivity index (χ2v) is 8.62. The number of rotatable bonds is 4. The normalized spacial score (nSPS) is 17.2. The van der Waals surface area contributed by atoms with Crippen molar-refractivity contribution in [2.24, 2.45) is 0 Å². The topological polar surface area (TPSA) is 92.3 Å². The van der Waals surface area contributed by atoms with Crippen LogP contribution in [0.25, 0.3) is 5.52 Å². The highest BCUT2D eigenvalue weighted by molar-refractivity contribution is 6.33. The fraction of sp³-hybridized carbons (Fsp3) is 0.364. The molecule has 5 rings (SSSR count). The molecular formula is C22H22ClFN6O2. The Morgan fingerprint density at radius 3 is 2.91 bits per heavy atom. The fourth-order valence-electron chi connectivity index (χ4n) is 4.08.